The van der Waals surface area contributed by atoms with E-state index in [4.69, 9.17) is 9.15 Å². The maximum Gasteiger partial charge on any atom is 0.433 e. The van der Waals surface area contributed by atoms with Gasteiger partial charge in [-0.3, -0.25) is 4.98 Å². The summed E-state index contributed by atoms with van der Waals surface area (Å²) in [5.41, 5.74) is 1.27. The summed E-state index contributed by atoms with van der Waals surface area (Å²) in [5.74, 6) is 0.778. The number of rotatable bonds is 11. The number of thiazole rings is 1. The first-order valence-corrected chi connectivity index (χ1v) is 15.4. The lowest BCUT2D eigenvalue weighted by molar-refractivity contribution is -0.141. The van der Waals surface area contributed by atoms with Gasteiger partial charge in [0.25, 0.3) is 0 Å². The minimum atomic E-state index is -4.56. The Morgan fingerprint density at radius 1 is 1.02 bits per heavy atom. The summed E-state index contributed by atoms with van der Waals surface area (Å²) >= 11 is 1.11. The number of aliphatic hydroxyl groups excluding tert-OH is 2. The monoisotopic (exact) mass is 615 g/mol. The van der Waals surface area contributed by atoms with E-state index in [0.717, 1.165) is 54.8 Å². The van der Waals surface area contributed by atoms with Gasteiger partial charge < -0.3 is 19.4 Å². The molecule has 0 aliphatic heterocycles. The Morgan fingerprint density at radius 3 is 2.44 bits per heavy atom. The van der Waals surface area contributed by atoms with E-state index in [0.29, 0.717) is 58.8 Å². The number of ether oxygens (including phenoxy) is 1. The number of pyridine rings is 1. The zero-order valence-electron chi connectivity index (χ0n) is 24.2. The molecule has 2 N–H and O–H groups in total. The SMILES string of the molecule is Cc1nc(C2(C)CCCCC2)oc1C(O)C(O)c1sc(-c2ccc(C(F)(F)F)nc2)nc1CCCOCc1ccccc1. The first kappa shape index (κ1) is 31.3. The van der Waals surface area contributed by atoms with Gasteiger partial charge in [-0.1, -0.05) is 56.5 Å². The smallest absolute Gasteiger partial charge is 0.433 e. The molecule has 0 amide bonds. The van der Waals surface area contributed by atoms with Crippen molar-refractivity contribution in [2.24, 2.45) is 0 Å². The van der Waals surface area contributed by atoms with Crippen LogP contribution >= 0.6 is 11.3 Å². The van der Waals surface area contributed by atoms with Crippen molar-refractivity contribution in [3.8, 4) is 10.6 Å². The van der Waals surface area contributed by atoms with Crippen molar-refractivity contribution in [2.75, 3.05) is 6.61 Å². The summed E-state index contributed by atoms with van der Waals surface area (Å²) in [6, 6.07) is 12.0. The minimum Gasteiger partial charge on any atom is -0.442 e. The van der Waals surface area contributed by atoms with Crippen molar-refractivity contribution >= 4 is 11.3 Å². The number of nitrogens with zero attached hydrogens (tertiary/aromatic N) is 3. The molecule has 1 fully saturated rings. The number of halogens is 3. The summed E-state index contributed by atoms with van der Waals surface area (Å²) in [6.45, 7) is 4.77. The van der Waals surface area contributed by atoms with Gasteiger partial charge >= 0.3 is 6.18 Å². The van der Waals surface area contributed by atoms with Crippen LogP contribution in [0, 0.1) is 6.92 Å². The Labute approximate surface area is 252 Å². The van der Waals surface area contributed by atoms with Crippen LogP contribution in [-0.4, -0.2) is 31.8 Å². The summed E-state index contributed by atoms with van der Waals surface area (Å²) in [4.78, 5) is 13.3. The van der Waals surface area contributed by atoms with E-state index in [-0.39, 0.29) is 11.2 Å². The highest BCUT2D eigenvalue weighted by Gasteiger charge is 2.37. The van der Waals surface area contributed by atoms with E-state index >= 15 is 0 Å². The number of benzene rings is 1. The molecule has 0 spiro atoms. The number of aromatic nitrogens is 3. The van der Waals surface area contributed by atoms with Crippen LogP contribution in [0.3, 0.4) is 0 Å². The molecule has 3 aromatic heterocycles. The standard InChI is InChI=1S/C32H36F3N3O4S/c1-20-27(42-30(37-20)31(2)15-7-4-8-16-31)25(39)26(40)28-23(12-9-17-41-19-21-10-5-3-6-11-21)38-29(43-28)22-13-14-24(36-18-22)32(33,34)35/h3,5-6,10-11,13-14,18,25-26,39-40H,4,7-9,12,15-17,19H2,1-2H3. The fourth-order valence-electron chi connectivity index (χ4n) is 5.46. The molecular weight excluding hydrogens is 579 g/mol. The minimum absolute atomic E-state index is 0.206. The normalized spacial score (nSPS) is 16.7. The third kappa shape index (κ3) is 7.34. The molecule has 43 heavy (non-hydrogen) atoms. The molecule has 2 atom stereocenters. The Morgan fingerprint density at radius 2 is 1.77 bits per heavy atom. The van der Waals surface area contributed by atoms with E-state index in [1.54, 1.807) is 6.92 Å². The maximum absolute atomic E-state index is 13.1. The van der Waals surface area contributed by atoms with E-state index in [9.17, 15) is 23.4 Å². The fourth-order valence-corrected chi connectivity index (χ4v) is 6.58. The molecule has 5 rings (SSSR count). The molecule has 4 aromatic rings. The summed E-state index contributed by atoms with van der Waals surface area (Å²) in [7, 11) is 0. The molecule has 1 aliphatic carbocycles. The number of alkyl halides is 3. The number of aliphatic hydroxyl groups is 2. The van der Waals surface area contributed by atoms with E-state index in [1.807, 2.05) is 30.3 Å². The van der Waals surface area contributed by atoms with Gasteiger partial charge in [-0.05, 0) is 50.3 Å². The van der Waals surface area contributed by atoms with E-state index < -0.39 is 24.1 Å². The van der Waals surface area contributed by atoms with E-state index in [2.05, 4.69) is 21.9 Å². The Kier molecular flexibility index (Phi) is 9.65. The lowest BCUT2D eigenvalue weighted by atomic mass is 9.76. The summed E-state index contributed by atoms with van der Waals surface area (Å²) < 4.78 is 51.1. The average Bonchev–Trinajstić information content (AvgIpc) is 3.61. The van der Waals surface area contributed by atoms with Crippen LogP contribution in [0.15, 0.2) is 53.1 Å². The third-order valence-electron chi connectivity index (χ3n) is 7.98. The molecular formula is C32H36F3N3O4S. The number of aryl methyl sites for hydroxylation is 2. The summed E-state index contributed by atoms with van der Waals surface area (Å²) in [6.07, 6.45) is 0.0246. The van der Waals surface area contributed by atoms with Crippen molar-refractivity contribution in [3.63, 3.8) is 0 Å². The highest BCUT2D eigenvalue weighted by molar-refractivity contribution is 7.15. The van der Waals surface area contributed by atoms with Gasteiger partial charge in [-0.25, -0.2) is 9.97 Å². The zero-order chi connectivity index (χ0) is 30.6. The predicted molar refractivity (Wildman–Crippen MR) is 156 cm³/mol. The molecule has 0 radical (unpaired) electrons. The molecule has 230 valence electrons. The number of hydrogen-bond donors (Lipinski definition) is 2. The van der Waals surface area contributed by atoms with Crippen LogP contribution in [0.5, 0.6) is 0 Å². The third-order valence-corrected chi connectivity index (χ3v) is 9.20. The lowest BCUT2D eigenvalue weighted by Gasteiger charge is -2.30. The van der Waals surface area contributed by atoms with Gasteiger partial charge in [0.05, 0.1) is 22.9 Å². The maximum atomic E-state index is 13.1. The van der Waals surface area contributed by atoms with E-state index in [1.165, 1.54) is 12.5 Å². The number of hydrogen-bond acceptors (Lipinski definition) is 8. The molecule has 0 bridgehead atoms. The number of oxazole rings is 1. The molecule has 1 saturated carbocycles. The molecule has 2 unspecified atom stereocenters. The Bertz CT molecular complexity index is 1480. The van der Waals surface area contributed by atoms with Gasteiger partial charge in [0.1, 0.15) is 22.9 Å². The molecule has 3 heterocycles. The van der Waals surface area contributed by atoms with Crippen LogP contribution in [0.4, 0.5) is 13.2 Å². The van der Waals surface area contributed by atoms with Crippen LogP contribution in [0.1, 0.15) is 96.8 Å². The van der Waals surface area contributed by atoms with Crippen molar-refractivity contribution in [3.05, 3.63) is 87.8 Å². The molecule has 11 heteroatoms. The Hall–Kier alpha value is -3.12. The quantitative estimate of drug-likeness (QED) is 0.167. The van der Waals surface area contributed by atoms with Crippen molar-refractivity contribution in [2.45, 2.75) is 89.2 Å². The topological polar surface area (TPSA) is 102 Å². The first-order valence-electron chi connectivity index (χ1n) is 14.5. The molecule has 7 nitrogen and oxygen atoms in total. The highest BCUT2D eigenvalue weighted by Crippen LogP contribution is 2.43. The second-order valence-corrected chi connectivity index (χ2v) is 12.4. The summed E-state index contributed by atoms with van der Waals surface area (Å²) in [5, 5.41) is 23.1. The zero-order valence-corrected chi connectivity index (χ0v) is 25.0. The van der Waals surface area contributed by atoms with Gasteiger partial charge in [0.15, 0.2) is 5.76 Å². The van der Waals surface area contributed by atoms with Crippen LogP contribution in [-0.2, 0) is 29.4 Å². The second kappa shape index (κ2) is 13.3. The molecule has 1 aliphatic rings. The molecule has 0 saturated heterocycles. The Balaban J connectivity index is 1.37. The second-order valence-electron chi connectivity index (χ2n) is 11.4. The van der Waals surface area contributed by atoms with Gasteiger partial charge in [-0.15, -0.1) is 11.3 Å². The van der Waals surface area contributed by atoms with Gasteiger partial charge in [0, 0.05) is 23.8 Å². The van der Waals surface area contributed by atoms with Crippen molar-refractivity contribution < 1.29 is 32.5 Å². The average molecular weight is 616 g/mol. The lowest BCUT2D eigenvalue weighted by Crippen LogP contribution is -2.25. The highest BCUT2D eigenvalue weighted by atomic mass is 32.1. The van der Waals surface area contributed by atoms with Crippen LogP contribution < -0.4 is 0 Å². The molecule has 1 aromatic carbocycles. The van der Waals surface area contributed by atoms with Gasteiger partial charge in [0.2, 0.25) is 5.89 Å². The first-order chi connectivity index (χ1) is 20.5. The van der Waals surface area contributed by atoms with Crippen molar-refractivity contribution in [1.29, 1.82) is 0 Å². The largest absolute Gasteiger partial charge is 0.442 e. The fraction of sp³-hybridized carbons (Fsp3) is 0.469. The predicted octanol–water partition coefficient (Wildman–Crippen LogP) is 7.66. The van der Waals surface area contributed by atoms with Crippen LogP contribution in [0.25, 0.3) is 10.6 Å². The van der Waals surface area contributed by atoms with Crippen molar-refractivity contribution in [1.82, 2.24) is 15.0 Å². The van der Waals surface area contributed by atoms with Gasteiger partial charge in [-0.2, -0.15) is 13.2 Å². The van der Waals surface area contributed by atoms with Crippen LogP contribution in [0.2, 0.25) is 0 Å².